The summed E-state index contributed by atoms with van der Waals surface area (Å²) in [6, 6.07) is 0. The summed E-state index contributed by atoms with van der Waals surface area (Å²) in [5, 5.41) is 3.40. The highest BCUT2D eigenvalue weighted by atomic mass is 16.5. The zero-order valence-electron chi connectivity index (χ0n) is 10.3. The van der Waals surface area contributed by atoms with Crippen LogP contribution < -0.4 is 5.32 Å². The Bertz CT molecular complexity index is 156. The molecule has 0 bridgehead atoms. The molecule has 0 saturated carbocycles. The summed E-state index contributed by atoms with van der Waals surface area (Å²) >= 11 is 0. The first-order valence-electron chi connectivity index (χ1n) is 6.12. The molecule has 2 unspecified atom stereocenters. The van der Waals surface area contributed by atoms with E-state index in [2.05, 4.69) is 26.1 Å². The van der Waals surface area contributed by atoms with Crippen molar-refractivity contribution in [2.75, 3.05) is 26.3 Å². The van der Waals surface area contributed by atoms with Crippen molar-refractivity contribution < 1.29 is 9.47 Å². The first-order chi connectivity index (χ1) is 7.18. The van der Waals surface area contributed by atoms with Gasteiger partial charge < -0.3 is 14.8 Å². The number of hydrogen-bond donors (Lipinski definition) is 1. The average Bonchev–Trinajstić information content (AvgIpc) is 2.67. The lowest BCUT2D eigenvalue weighted by atomic mass is 10.2. The summed E-state index contributed by atoms with van der Waals surface area (Å²) in [4.78, 5) is 0. The summed E-state index contributed by atoms with van der Waals surface area (Å²) in [7, 11) is 0. The van der Waals surface area contributed by atoms with E-state index in [1.54, 1.807) is 0 Å². The van der Waals surface area contributed by atoms with E-state index in [9.17, 15) is 0 Å². The molecule has 0 aliphatic carbocycles. The fourth-order valence-electron chi connectivity index (χ4n) is 1.67. The Kier molecular flexibility index (Phi) is 6.22. The molecular formula is C12H25NO2. The van der Waals surface area contributed by atoms with Crippen LogP contribution in [0.4, 0.5) is 0 Å². The van der Waals surface area contributed by atoms with Crippen LogP contribution in [0.15, 0.2) is 0 Å². The van der Waals surface area contributed by atoms with Crippen LogP contribution in [0.1, 0.15) is 33.6 Å². The minimum absolute atomic E-state index is 0.300. The second-order valence-corrected chi connectivity index (χ2v) is 4.83. The molecule has 1 aliphatic heterocycles. The van der Waals surface area contributed by atoms with Crippen molar-refractivity contribution in [1.29, 1.82) is 0 Å². The van der Waals surface area contributed by atoms with E-state index < -0.39 is 0 Å². The standard InChI is InChI=1S/C12H25NO2/c1-10(2)9-15-11(3)7-13-8-12-5-4-6-14-12/h10-13H,4-9H2,1-3H3. The summed E-state index contributed by atoms with van der Waals surface area (Å²) < 4.78 is 11.2. The van der Waals surface area contributed by atoms with Crippen molar-refractivity contribution in [3.63, 3.8) is 0 Å². The molecular weight excluding hydrogens is 190 g/mol. The van der Waals surface area contributed by atoms with E-state index in [1.807, 2.05) is 0 Å². The molecule has 0 amide bonds. The van der Waals surface area contributed by atoms with Crippen LogP contribution in [0.3, 0.4) is 0 Å². The minimum Gasteiger partial charge on any atom is -0.377 e. The third-order valence-corrected chi connectivity index (χ3v) is 2.54. The number of nitrogens with one attached hydrogen (secondary N) is 1. The van der Waals surface area contributed by atoms with Gasteiger partial charge in [0.1, 0.15) is 0 Å². The molecule has 1 fully saturated rings. The van der Waals surface area contributed by atoms with Crippen molar-refractivity contribution in [3.05, 3.63) is 0 Å². The van der Waals surface area contributed by atoms with Crippen LogP contribution in [-0.2, 0) is 9.47 Å². The Morgan fingerprint density at radius 1 is 1.40 bits per heavy atom. The Hall–Kier alpha value is -0.120. The lowest BCUT2D eigenvalue weighted by molar-refractivity contribution is 0.0438. The second kappa shape index (κ2) is 7.20. The summed E-state index contributed by atoms with van der Waals surface area (Å²) in [6.45, 7) is 10.1. The van der Waals surface area contributed by atoms with Gasteiger partial charge in [0.25, 0.3) is 0 Å². The third kappa shape index (κ3) is 6.13. The van der Waals surface area contributed by atoms with Crippen LogP contribution in [-0.4, -0.2) is 38.5 Å². The van der Waals surface area contributed by atoms with Crippen molar-refractivity contribution in [2.24, 2.45) is 5.92 Å². The monoisotopic (exact) mass is 215 g/mol. The highest BCUT2D eigenvalue weighted by Gasteiger charge is 2.14. The molecule has 0 spiro atoms. The highest BCUT2D eigenvalue weighted by Crippen LogP contribution is 2.10. The van der Waals surface area contributed by atoms with Crippen molar-refractivity contribution in [3.8, 4) is 0 Å². The lowest BCUT2D eigenvalue weighted by Gasteiger charge is -2.17. The van der Waals surface area contributed by atoms with Gasteiger partial charge in [-0.05, 0) is 25.7 Å². The zero-order chi connectivity index (χ0) is 11.1. The molecule has 15 heavy (non-hydrogen) atoms. The first kappa shape index (κ1) is 12.9. The summed E-state index contributed by atoms with van der Waals surface area (Å²) in [6.07, 6.45) is 3.15. The molecule has 0 aromatic carbocycles. The maximum atomic E-state index is 5.66. The van der Waals surface area contributed by atoms with Crippen LogP contribution in [0.25, 0.3) is 0 Å². The molecule has 1 rings (SSSR count). The van der Waals surface area contributed by atoms with Crippen molar-refractivity contribution in [2.45, 2.75) is 45.8 Å². The van der Waals surface area contributed by atoms with Gasteiger partial charge in [-0.15, -0.1) is 0 Å². The molecule has 90 valence electrons. The summed E-state index contributed by atoms with van der Waals surface area (Å²) in [5.74, 6) is 0.616. The normalized spacial score (nSPS) is 23.6. The van der Waals surface area contributed by atoms with Gasteiger partial charge in [0.2, 0.25) is 0 Å². The van der Waals surface area contributed by atoms with Crippen LogP contribution in [0.5, 0.6) is 0 Å². The first-order valence-corrected chi connectivity index (χ1v) is 6.12. The number of ether oxygens (including phenoxy) is 2. The van der Waals surface area contributed by atoms with Gasteiger partial charge >= 0.3 is 0 Å². The predicted molar refractivity (Wildman–Crippen MR) is 62.1 cm³/mol. The van der Waals surface area contributed by atoms with E-state index in [-0.39, 0.29) is 0 Å². The van der Waals surface area contributed by atoms with Gasteiger partial charge in [0.05, 0.1) is 12.2 Å². The zero-order valence-corrected chi connectivity index (χ0v) is 10.3. The molecule has 1 aliphatic rings. The van der Waals surface area contributed by atoms with Crippen LogP contribution in [0, 0.1) is 5.92 Å². The largest absolute Gasteiger partial charge is 0.377 e. The topological polar surface area (TPSA) is 30.5 Å². The van der Waals surface area contributed by atoms with Gasteiger partial charge in [0.15, 0.2) is 0 Å². The fraction of sp³-hybridized carbons (Fsp3) is 1.00. The molecule has 0 radical (unpaired) electrons. The third-order valence-electron chi connectivity index (χ3n) is 2.54. The maximum Gasteiger partial charge on any atom is 0.0700 e. The second-order valence-electron chi connectivity index (χ2n) is 4.83. The maximum absolute atomic E-state index is 5.66. The SMILES string of the molecule is CC(C)COC(C)CNCC1CCCO1. The Morgan fingerprint density at radius 2 is 2.20 bits per heavy atom. The summed E-state index contributed by atoms with van der Waals surface area (Å²) in [5.41, 5.74) is 0. The van der Waals surface area contributed by atoms with E-state index >= 15 is 0 Å². The van der Waals surface area contributed by atoms with Crippen molar-refractivity contribution >= 4 is 0 Å². The number of rotatable bonds is 7. The van der Waals surface area contributed by atoms with Gasteiger partial charge in [-0.3, -0.25) is 0 Å². The molecule has 1 heterocycles. The Labute approximate surface area is 93.5 Å². The van der Waals surface area contributed by atoms with E-state index in [4.69, 9.17) is 9.47 Å². The molecule has 3 heteroatoms. The average molecular weight is 215 g/mol. The Balaban J connectivity index is 1.93. The van der Waals surface area contributed by atoms with E-state index in [1.165, 1.54) is 12.8 Å². The van der Waals surface area contributed by atoms with Crippen LogP contribution >= 0.6 is 0 Å². The molecule has 3 nitrogen and oxygen atoms in total. The molecule has 1 N–H and O–H groups in total. The van der Waals surface area contributed by atoms with E-state index in [0.29, 0.717) is 18.1 Å². The van der Waals surface area contributed by atoms with E-state index in [0.717, 1.165) is 26.3 Å². The van der Waals surface area contributed by atoms with Gasteiger partial charge in [-0.2, -0.15) is 0 Å². The van der Waals surface area contributed by atoms with Gasteiger partial charge in [-0.1, -0.05) is 13.8 Å². The molecule has 0 aromatic rings. The quantitative estimate of drug-likeness (QED) is 0.702. The lowest BCUT2D eigenvalue weighted by Crippen LogP contribution is -2.33. The predicted octanol–water partition coefficient (Wildman–Crippen LogP) is 1.82. The van der Waals surface area contributed by atoms with Crippen LogP contribution in [0.2, 0.25) is 0 Å². The molecule has 1 saturated heterocycles. The molecule has 2 atom stereocenters. The van der Waals surface area contributed by atoms with Gasteiger partial charge in [-0.25, -0.2) is 0 Å². The van der Waals surface area contributed by atoms with Gasteiger partial charge in [0, 0.05) is 26.3 Å². The Morgan fingerprint density at radius 3 is 2.80 bits per heavy atom. The molecule has 0 aromatic heterocycles. The fourth-order valence-corrected chi connectivity index (χ4v) is 1.67. The smallest absolute Gasteiger partial charge is 0.0700 e. The number of hydrogen-bond acceptors (Lipinski definition) is 3. The van der Waals surface area contributed by atoms with Crippen molar-refractivity contribution in [1.82, 2.24) is 5.32 Å². The minimum atomic E-state index is 0.300. The highest BCUT2D eigenvalue weighted by molar-refractivity contribution is 4.68.